The maximum Gasteiger partial charge on any atom is 0.314 e. The molecule has 3 rings (SSSR count). The first kappa shape index (κ1) is 18.2. The third-order valence-corrected chi connectivity index (χ3v) is 5.15. The van der Waals surface area contributed by atoms with Crippen LogP contribution in [-0.4, -0.2) is 31.6 Å². The SMILES string of the molecule is COc1c(-c2ccc(S(C)(=O)=O)cc2)cnn(-c2cccc(Cl)c2)c1=O. The fourth-order valence-electron chi connectivity index (χ4n) is 2.51. The minimum absolute atomic E-state index is 0.104. The quantitative estimate of drug-likeness (QED) is 0.684. The summed E-state index contributed by atoms with van der Waals surface area (Å²) in [5.41, 5.74) is 1.16. The highest BCUT2D eigenvalue weighted by Gasteiger charge is 2.16. The molecule has 1 heterocycles. The predicted octanol–water partition coefficient (Wildman–Crippen LogP) is 2.97. The Bertz CT molecular complexity index is 1120. The highest BCUT2D eigenvalue weighted by atomic mass is 35.5. The molecule has 0 amide bonds. The first-order valence-corrected chi connectivity index (χ1v) is 9.81. The van der Waals surface area contributed by atoms with Crippen molar-refractivity contribution in [3.05, 3.63) is 70.1 Å². The third-order valence-electron chi connectivity index (χ3n) is 3.78. The Kier molecular flexibility index (Phi) is 4.84. The molecule has 3 aromatic rings. The van der Waals surface area contributed by atoms with E-state index in [4.69, 9.17) is 16.3 Å². The number of halogens is 1. The van der Waals surface area contributed by atoms with Gasteiger partial charge < -0.3 is 4.74 Å². The summed E-state index contributed by atoms with van der Waals surface area (Å²) in [5.74, 6) is 0.104. The molecule has 0 atom stereocenters. The van der Waals surface area contributed by atoms with E-state index in [9.17, 15) is 13.2 Å². The van der Waals surface area contributed by atoms with Crippen molar-refractivity contribution in [3.8, 4) is 22.6 Å². The van der Waals surface area contributed by atoms with Gasteiger partial charge in [-0.05, 0) is 35.9 Å². The molecule has 26 heavy (non-hydrogen) atoms. The molecule has 0 N–H and O–H groups in total. The van der Waals surface area contributed by atoms with Crippen LogP contribution in [0.4, 0.5) is 0 Å². The zero-order valence-corrected chi connectivity index (χ0v) is 15.6. The van der Waals surface area contributed by atoms with Crippen LogP contribution in [0.25, 0.3) is 16.8 Å². The summed E-state index contributed by atoms with van der Waals surface area (Å²) in [6.45, 7) is 0. The monoisotopic (exact) mass is 390 g/mol. The molecule has 0 saturated heterocycles. The molecule has 0 fully saturated rings. The largest absolute Gasteiger partial charge is 0.491 e. The van der Waals surface area contributed by atoms with Gasteiger partial charge >= 0.3 is 5.56 Å². The van der Waals surface area contributed by atoms with Gasteiger partial charge in [0.15, 0.2) is 15.6 Å². The van der Waals surface area contributed by atoms with Gasteiger partial charge in [-0.1, -0.05) is 29.8 Å². The molecule has 0 saturated carbocycles. The summed E-state index contributed by atoms with van der Waals surface area (Å²) in [7, 11) is -1.90. The van der Waals surface area contributed by atoms with E-state index >= 15 is 0 Å². The van der Waals surface area contributed by atoms with E-state index in [1.165, 1.54) is 30.1 Å². The fraction of sp³-hybridized carbons (Fsp3) is 0.111. The van der Waals surface area contributed by atoms with Crippen LogP contribution in [0.2, 0.25) is 5.02 Å². The average Bonchev–Trinajstić information content (AvgIpc) is 2.60. The van der Waals surface area contributed by atoms with Crippen LogP contribution in [0.3, 0.4) is 0 Å². The van der Waals surface area contributed by atoms with Gasteiger partial charge in [0.05, 0.1) is 23.9 Å². The van der Waals surface area contributed by atoms with Gasteiger partial charge in [-0.2, -0.15) is 9.78 Å². The Labute approximate surface area is 155 Å². The Morgan fingerprint density at radius 3 is 2.38 bits per heavy atom. The first-order valence-electron chi connectivity index (χ1n) is 7.54. The summed E-state index contributed by atoms with van der Waals surface area (Å²) in [5, 5.41) is 4.68. The Balaban J connectivity index is 2.13. The van der Waals surface area contributed by atoms with Crippen LogP contribution < -0.4 is 10.3 Å². The Hall–Kier alpha value is -2.64. The number of hydrogen-bond acceptors (Lipinski definition) is 5. The van der Waals surface area contributed by atoms with Gasteiger partial charge in [-0.15, -0.1) is 0 Å². The zero-order chi connectivity index (χ0) is 18.9. The van der Waals surface area contributed by atoms with Crippen LogP contribution >= 0.6 is 11.6 Å². The molecule has 0 bridgehead atoms. The predicted molar refractivity (Wildman–Crippen MR) is 99.9 cm³/mol. The molecule has 0 spiro atoms. The molecule has 134 valence electrons. The van der Waals surface area contributed by atoms with Gasteiger partial charge in [0.2, 0.25) is 0 Å². The molecule has 0 aliphatic rings. The van der Waals surface area contributed by atoms with E-state index in [0.717, 1.165) is 6.26 Å². The number of methoxy groups -OCH3 is 1. The maximum absolute atomic E-state index is 12.8. The lowest BCUT2D eigenvalue weighted by molar-refractivity contribution is 0.405. The molecule has 0 aliphatic carbocycles. The van der Waals surface area contributed by atoms with E-state index < -0.39 is 15.4 Å². The standard InChI is InChI=1S/C18H15ClN2O4S/c1-25-17-16(12-6-8-15(9-7-12)26(2,23)24)11-20-21(18(17)22)14-5-3-4-13(19)10-14/h3-11H,1-2H3. The second-order valence-electron chi connectivity index (χ2n) is 5.58. The minimum atomic E-state index is -3.30. The number of aromatic nitrogens is 2. The van der Waals surface area contributed by atoms with Crippen molar-refractivity contribution >= 4 is 21.4 Å². The highest BCUT2D eigenvalue weighted by molar-refractivity contribution is 7.90. The van der Waals surface area contributed by atoms with E-state index in [1.807, 2.05) is 0 Å². The number of sulfone groups is 1. The van der Waals surface area contributed by atoms with Crippen molar-refractivity contribution in [3.63, 3.8) is 0 Å². The zero-order valence-electron chi connectivity index (χ0n) is 14.0. The number of rotatable bonds is 4. The molecule has 8 heteroatoms. The van der Waals surface area contributed by atoms with Crippen molar-refractivity contribution < 1.29 is 13.2 Å². The second-order valence-corrected chi connectivity index (χ2v) is 8.04. The summed E-state index contributed by atoms with van der Waals surface area (Å²) in [4.78, 5) is 13.0. The molecular weight excluding hydrogens is 376 g/mol. The highest BCUT2D eigenvalue weighted by Crippen LogP contribution is 2.27. The van der Waals surface area contributed by atoms with Crippen molar-refractivity contribution in [2.24, 2.45) is 0 Å². The van der Waals surface area contributed by atoms with Crippen molar-refractivity contribution in [1.29, 1.82) is 0 Å². The topological polar surface area (TPSA) is 78.3 Å². The summed E-state index contributed by atoms with van der Waals surface area (Å²) >= 11 is 5.98. The molecule has 0 aliphatic heterocycles. The molecule has 0 radical (unpaired) electrons. The first-order chi connectivity index (χ1) is 12.3. The number of hydrogen-bond donors (Lipinski definition) is 0. The van der Waals surface area contributed by atoms with Crippen LogP contribution in [-0.2, 0) is 9.84 Å². The van der Waals surface area contributed by atoms with Crippen LogP contribution in [0.1, 0.15) is 0 Å². The van der Waals surface area contributed by atoms with Crippen molar-refractivity contribution in [1.82, 2.24) is 9.78 Å². The minimum Gasteiger partial charge on any atom is -0.491 e. The molecule has 0 unspecified atom stereocenters. The molecule has 2 aromatic carbocycles. The lowest BCUT2D eigenvalue weighted by atomic mass is 10.1. The van der Waals surface area contributed by atoms with Gasteiger partial charge in [-0.3, -0.25) is 4.79 Å². The van der Waals surface area contributed by atoms with E-state index in [1.54, 1.807) is 36.4 Å². The summed E-state index contributed by atoms with van der Waals surface area (Å²) < 4.78 is 29.7. The number of benzene rings is 2. The number of nitrogens with zero attached hydrogens (tertiary/aromatic N) is 2. The van der Waals surface area contributed by atoms with Crippen LogP contribution in [0, 0.1) is 0 Å². The van der Waals surface area contributed by atoms with Gasteiger partial charge in [0.25, 0.3) is 0 Å². The van der Waals surface area contributed by atoms with Crippen LogP contribution in [0.15, 0.2) is 64.4 Å². The second kappa shape index (κ2) is 6.93. The van der Waals surface area contributed by atoms with Crippen molar-refractivity contribution in [2.75, 3.05) is 13.4 Å². The summed E-state index contributed by atoms with van der Waals surface area (Å²) in [6, 6.07) is 12.9. The molecule has 6 nitrogen and oxygen atoms in total. The third kappa shape index (κ3) is 3.49. The fourth-order valence-corrected chi connectivity index (χ4v) is 3.33. The summed E-state index contributed by atoms with van der Waals surface area (Å²) in [6.07, 6.45) is 2.63. The van der Waals surface area contributed by atoms with E-state index in [-0.39, 0.29) is 10.6 Å². The average molecular weight is 391 g/mol. The smallest absolute Gasteiger partial charge is 0.314 e. The van der Waals surface area contributed by atoms with Crippen molar-refractivity contribution in [2.45, 2.75) is 4.90 Å². The van der Waals surface area contributed by atoms with Crippen LogP contribution in [0.5, 0.6) is 5.75 Å². The Morgan fingerprint density at radius 1 is 1.12 bits per heavy atom. The maximum atomic E-state index is 12.8. The van der Waals surface area contributed by atoms with Gasteiger partial charge in [0.1, 0.15) is 0 Å². The Morgan fingerprint density at radius 2 is 1.81 bits per heavy atom. The van der Waals surface area contributed by atoms with Gasteiger partial charge in [-0.25, -0.2) is 8.42 Å². The lowest BCUT2D eigenvalue weighted by Gasteiger charge is -2.11. The number of ether oxygens (including phenoxy) is 1. The van der Waals surface area contributed by atoms with E-state index in [2.05, 4.69) is 5.10 Å². The van der Waals surface area contributed by atoms with Gasteiger partial charge in [0, 0.05) is 16.8 Å². The normalized spacial score (nSPS) is 11.3. The lowest BCUT2D eigenvalue weighted by Crippen LogP contribution is -2.23. The van der Waals surface area contributed by atoms with E-state index in [0.29, 0.717) is 21.8 Å². The molecular formula is C18H15ClN2O4S. The molecule has 1 aromatic heterocycles.